The summed E-state index contributed by atoms with van der Waals surface area (Å²) in [5.41, 5.74) is 3.23. The van der Waals surface area contributed by atoms with Gasteiger partial charge in [0.2, 0.25) is 0 Å². The number of hydrogen-bond donors (Lipinski definition) is 1. The Kier molecular flexibility index (Phi) is 2.67. The summed E-state index contributed by atoms with van der Waals surface area (Å²) < 4.78 is 5.42. The third kappa shape index (κ3) is 2.05. The summed E-state index contributed by atoms with van der Waals surface area (Å²) in [4.78, 5) is 4.57. The molecule has 1 N–H and O–H groups in total. The SMILES string of the molecule is CC1(c2noc(-c3ccc(-c4cn[nH]c4)cc3)n2)CCC1. The van der Waals surface area contributed by atoms with Gasteiger partial charge in [0.05, 0.1) is 6.20 Å². The van der Waals surface area contributed by atoms with Crippen molar-refractivity contribution < 1.29 is 4.52 Å². The Morgan fingerprint density at radius 2 is 1.86 bits per heavy atom. The van der Waals surface area contributed by atoms with Gasteiger partial charge in [-0.3, -0.25) is 5.10 Å². The van der Waals surface area contributed by atoms with Gasteiger partial charge in [-0.1, -0.05) is 30.6 Å². The van der Waals surface area contributed by atoms with Crippen LogP contribution in [-0.2, 0) is 5.41 Å². The second-order valence-corrected chi connectivity index (χ2v) is 5.90. The summed E-state index contributed by atoms with van der Waals surface area (Å²) in [6, 6.07) is 8.08. The second kappa shape index (κ2) is 4.55. The van der Waals surface area contributed by atoms with Crippen molar-refractivity contribution in [1.29, 1.82) is 0 Å². The van der Waals surface area contributed by atoms with E-state index in [0.29, 0.717) is 5.89 Å². The Morgan fingerprint density at radius 3 is 2.48 bits per heavy atom. The molecule has 1 aliphatic rings. The Hall–Kier alpha value is -2.43. The van der Waals surface area contributed by atoms with E-state index < -0.39 is 0 Å². The summed E-state index contributed by atoms with van der Waals surface area (Å²) in [5.74, 6) is 1.43. The molecule has 2 heterocycles. The molecule has 1 fully saturated rings. The first kappa shape index (κ1) is 12.3. The Morgan fingerprint density at radius 1 is 1.10 bits per heavy atom. The number of rotatable bonds is 3. The molecule has 1 aliphatic carbocycles. The van der Waals surface area contributed by atoms with E-state index in [1.54, 1.807) is 6.20 Å². The van der Waals surface area contributed by atoms with Crippen molar-refractivity contribution in [1.82, 2.24) is 20.3 Å². The molecular formula is C16H16N4O. The zero-order valence-corrected chi connectivity index (χ0v) is 11.8. The van der Waals surface area contributed by atoms with Crippen LogP contribution in [0.1, 0.15) is 32.0 Å². The Balaban J connectivity index is 1.62. The summed E-state index contributed by atoms with van der Waals surface area (Å²) >= 11 is 0. The molecule has 0 aliphatic heterocycles. The fourth-order valence-electron chi connectivity index (χ4n) is 2.73. The minimum Gasteiger partial charge on any atom is -0.334 e. The van der Waals surface area contributed by atoms with Gasteiger partial charge in [-0.25, -0.2) is 0 Å². The van der Waals surface area contributed by atoms with Crippen LogP contribution >= 0.6 is 0 Å². The predicted molar refractivity (Wildman–Crippen MR) is 78.5 cm³/mol. The van der Waals surface area contributed by atoms with E-state index in [4.69, 9.17) is 4.52 Å². The highest BCUT2D eigenvalue weighted by molar-refractivity contribution is 5.66. The molecule has 0 bridgehead atoms. The molecule has 1 saturated carbocycles. The fourth-order valence-corrected chi connectivity index (χ4v) is 2.73. The standard InChI is InChI=1S/C16H16N4O/c1-16(7-2-8-16)15-19-14(21-20-15)12-5-3-11(4-6-12)13-9-17-18-10-13/h3-6,9-10H,2,7-8H2,1H3,(H,17,18). The van der Waals surface area contributed by atoms with E-state index in [1.807, 2.05) is 30.5 Å². The summed E-state index contributed by atoms with van der Waals surface area (Å²) in [5, 5.41) is 10.9. The number of nitrogens with one attached hydrogen (secondary N) is 1. The lowest BCUT2D eigenvalue weighted by molar-refractivity contribution is 0.246. The van der Waals surface area contributed by atoms with E-state index in [-0.39, 0.29) is 5.41 Å². The number of hydrogen-bond acceptors (Lipinski definition) is 4. The third-order valence-corrected chi connectivity index (χ3v) is 4.39. The molecule has 0 amide bonds. The van der Waals surface area contributed by atoms with Crippen LogP contribution in [0.2, 0.25) is 0 Å². The fraction of sp³-hybridized carbons (Fsp3) is 0.312. The van der Waals surface area contributed by atoms with Gasteiger partial charge in [0.25, 0.3) is 5.89 Å². The van der Waals surface area contributed by atoms with Crippen LogP contribution in [0.4, 0.5) is 0 Å². The zero-order valence-electron chi connectivity index (χ0n) is 11.8. The lowest BCUT2D eigenvalue weighted by Crippen LogP contribution is -2.31. The highest BCUT2D eigenvalue weighted by Crippen LogP contribution is 2.42. The summed E-state index contributed by atoms with van der Waals surface area (Å²) in [6.45, 7) is 2.20. The Bertz CT molecular complexity index is 739. The number of aromatic nitrogens is 4. The van der Waals surface area contributed by atoms with Gasteiger partial charge in [0.15, 0.2) is 5.82 Å². The minimum absolute atomic E-state index is 0.110. The van der Waals surface area contributed by atoms with Crippen LogP contribution in [0.15, 0.2) is 41.2 Å². The van der Waals surface area contributed by atoms with Crippen molar-refractivity contribution in [3.63, 3.8) is 0 Å². The van der Waals surface area contributed by atoms with Crippen molar-refractivity contribution in [3.8, 4) is 22.6 Å². The molecule has 0 radical (unpaired) electrons. The van der Waals surface area contributed by atoms with Crippen molar-refractivity contribution in [2.45, 2.75) is 31.6 Å². The molecule has 0 spiro atoms. The maximum Gasteiger partial charge on any atom is 0.257 e. The summed E-state index contributed by atoms with van der Waals surface area (Å²) in [6.07, 6.45) is 7.21. The molecule has 0 saturated heterocycles. The molecule has 5 heteroatoms. The van der Waals surface area contributed by atoms with Crippen molar-refractivity contribution in [3.05, 3.63) is 42.5 Å². The van der Waals surface area contributed by atoms with Gasteiger partial charge in [0, 0.05) is 22.7 Å². The average molecular weight is 280 g/mol. The van der Waals surface area contributed by atoms with E-state index in [0.717, 1.165) is 35.4 Å². The smallest absolute Gasteiger partial charge is 0.257 e. The van der Waals surface area contributed by atoms with E-state index in [2.05, 4.69) is 27.3 Å². The number of H-pyrrole nitrogens is 1. The summed E-state index contributed by atoms with van der Waals surface area (Å²) in [7, 11) is 0. The molecule has 0 unspecified atom stereocenters. The van der Waals surface area contributed by atoms with Crippen LogP contribution in [0.25, 0.3) is 22.6 Å². The van der Waals surface area contributed by atoms with Crippen molar-refractivity contribution in [2.75, 3.05) is 0 Å². The molecule has 3 aromatic rings. The first-order chi connectivity index (χ1) is 10.2. The van der Waals surface area contributed by atoms with E-state index in [1.165, 1.54) is 6.42 Å². The first-order valence-electron chi connectivity index (χ1n) is 7.18. The molecule has 106 valence electrons. The van der Waals surface area contributed by atoms with E-state index in [9.17, 15) is 0 Å². The van der Waals surface area contributed by atoms with Crippen LogP contribution in [0.3, 0.4) is 0 Å². The normalized spacial score (nSPS) is 16.6. The van der Waals surface area contributed by atoms with Crippen LogP contribution < -0.4 is 0 Å². The van der Waals surface area contributed by atoms with Gasteiger partial charge in [-0.2, -0.15) is 10.1 Å². The lowest BCUT2D eigenvalue weighted by atomic mass is 9.70. The monoisotopic (exact) mass is 280 g/mol. The zero-order chi connectivity index (χ0) is 14.3. The van der Waals surface area contributed by atoms with Crippen molar-refractivity contribution >= 4 is 0 Å². The molecule has 2 aromatic heterocycles. The van der Waals surface area contributed by atoms with Gasteiger partial charge in [-0.15, -0.1) is 0 Å². The number of benzene rings is 1. The topological polar surface area (TPSA) is 67.6 Å². The molecule has 21 heavy (non-hydrogen) atoms. The number of aromatic amines is 1. The third-order valence-electron chi connectivity index (χ3n) is 4.39. The quantitative estimate of drug-likeness (QED) is 0.796. The molecule has 0 atom stereocenters. The van der Waals surface area contributed by atoms with Crippen LogP contribution in [-0.4, -0.2) is 20.3 Å². The second-order valence-electron chi connectivity index (χ2n) is 5.90. The van der Waals surface area contributed by atoms with Gasteiger partial charge in [0.1, 0.15) is 0 Å². The van der Waals surface area contributed by atoms with Gasteiger partial charge in [-0.05, 0) is 30.5 Å². The van der Waals surface area contributed by atoms with Crippen molar-refractivity contribution in [2.24, 2.45) is 0 Å². The maximum absolute atomic E-state index is 5.42. The predicted octanol–water partition coefficient (Wildman–Crippen LogP) is 3.57. The average Bonchev–Trinajstić information content (AvgIpc) is 3.16. The minimum atomic E-state index is 0.110. The molecule has 4 rings (SSSR count). The van der Waals surface area contributed by atoms with Gasteiger partial charge < -0.3 is 4.52 Å². The Labute approximate surface area is 122 Å². The van der Waals surface area contributed by atoms with Crippen LogP contribution in [0.5, 0.6) is 0 Å². The lowest BCUT2D eigenvalue weighted by Gasteiger charge is -2.34. The van der Waals surface area contributed by atoms with E-state index >= 15 is 0 Å². The maximum atomic E-state index is 5.42. The first-order valence-corrected chi connectivity index (χ1v) is 7.18. The largest absolute Gasteiger partial charge is 0.334 e. The highest BCUT2D eigenvalue weighted by Gasteiger charge is 2.38. The molecular weight excluding hydrogens is 264 g/mol. The number of nitrogens with zero attached hydrogens (tertiary/aromatic N) is 3. The van der Waals surface area contributed by atoms with Crippen LogP contribution in [0, 0.1) is 0 Å². The van der Waals surface area contributed by atoms with Gasteiger partial charge >= 0.3 is 0 Å². The highest BCUT2D eigenvalue weighted by atomic mass is 16.5. The molecule has 1 aromatic carbocycles. The molecule has 5 nitrogen and oxygen atoms in total.